The molecule has 1 aromatic rings. The number of hydrogen-bond donors (Lipinski definition) is 1. The van der Waals surface area contributed by atoms with Crippen LogP contribution in [-0.4, -0.2) is 12.8 Å². The molecule has 0 bridgehead atoms. The molecule has 0 heterocycles. The van der Waals surface area contributed by atoms with Crippen molar-refractivity contribution in [2.75, 3.05) is 0 Å². The Morgan fingerprint density at radius 2 is 2.11 bits per heavy atom. The molecule has 0 spiro atoms. The van der Waals surface area contributed by atoms with Gasteiger partial charge in [0.05, 0.1) is 0 Å². The highest BCUT2D eigenvalue weighted by atomic mass is 15.0. The Kier molecular flexibility index (Phi) is 5.52. The highest BCUT2D eigenvalue weighted by Crippen LogP contribution is 2.18. The molecule has 0 saturated carbocycles. The fraction of sp³-hybridized carbons (Fsp3) is 0.500. The molecule has 1 radical (unpaired) electrons. The highest BCUT2D eigenvalue weighted by Gasteiger charge is 2.17. The van der Waals surface area contributed by atoms with E-state index in [9.17, 15) is 0 Å². The maximum Gasteiger partial charge on any atom is 0.148 e. The first-order chi connectivity index (χ1) is 8.48. The summed E-state index contributed by atoms with van der Waals surface area (Å²) >= 11 is 0. The number of hydrogen-bond acceptors (Lipinski definition) is 1. The largest absolute Gasteiger partial charge is 0.380 e. The molecule has 0 saturated heterocycles. The molecule has 0 aromatic heterocycles. The Morgan fingerprint density at radius 3 is 2.72 bits per heavy atom. The molecule has 0 aliphatic heterocycles. The van der Waals surface area contributed by atoms with E-state index in [1.165, 1.54) is 30.3 Å². The smallest absolute Gasteiger partial charge is 0.148 e. The summed E-state index contributed by atoms with van der Waals surface area (Å²) in [7, 11) is 2.11. The molecule has 1 rings (SSSR count). The van der Waals surface area contributed by atoms with Crippen molar-refractivity contribution in [3.05, 3.63) is 36.4 Å². The molecule has 0 atom stereocenters. The molecule has 0 aliphatic rings. The van der Waals surface area contributed by atoms with Gasteiger partial charge in [-0.2, -0.15) is 0 Å². The lowest BCUT2D eigenvalue weighted by Gasteiger charge is -2.29. The van der Waals surface area contributed by atoms with Gasteiger partial charge < -0.3 is 5.32 Å². The van der Waals surface area contributed by atoms with Crippen LogP contribution in [0, 0.1) is 0 Å². The van der Waals surface area contributed by atoms with Gasteiger partial charge in [-0.3, -0.25) is 0 Å². The van der Waals surface area contributed by atoms with Crippen LogP contribution in [0.25, 0.3) is 5.70 Å². The van der Waals surface area contributed by atoms with Gasteiger partial charge in [0.15, 0.2) is 0 Å². The summed E-state index contributed by atoms with van der Waals surface area (Å²) in [4.78, 5) is 0. The number of benzene rings is 1. The van der Waals surface area contributed by atoms with E-state index in [4.69, 9.17) is 0 Å². The standard InChI is InChI=1S/C16H25BN/c1-6-7-11-16(3,4)18-13(2)14-9-8-10-15(12-14)17-5/h8-10,12,18H,2,6-7,11H2,1,3-5H3. The Balaban J connectivity index is 2.69. The topological polar surface area (TPSA) is 12.0 Å². The maximum absolute atomic E-state index is 4.17. The fourth-order valence-corrected chi connectivity index (χ4v) is 2.07. The lowest BCUT2D eigenvalue weighted by molar-refractivity contribution is 0.403. The number of nitrogens with one attached hydrogen (secondary N) is 1. The molecular weight excluding hydrogens is 217 g/mol. The van der Waals surface area contributed by atoms with E-state index in [1.54, 1.807) is 0 Å². The van der Waals surface area contributed by atoms with E-state index in [1.807, 2.05) is 0 Å². The Hall–Kier alpha value is -1.18. The van der Waals surface area contributed by atoms with E-state index in [0.717, 1.165) is 5.70 Å². The number of rotatable bonds is 7. The Morgan fingerprint density at radius 1 is 1.39 bits per heavy atom. The van der Waals surface area contributed by atoms with Crippen molar-refractivity contribution in [1.82, 2.24) is 5.32 Å². The van der Waals surface area contributed by atoms with Crippen LogP contribution in [0.2, 0.25) is 6.82 Å². The molecule has 0 fully saturated rings. The van der Waals surface area contributed by atoms with Crippen molar-refractivity contribution in [1.29, 1.82) is 0 Å². The minimum atomic E-state index is 0.110. The van der Waals surface area contributed by atoms with Crippen molar-refractivity contribution in [3.8, 4) is 0 Å². The molecule has 18 heavy (non-hydrogen) atoms. The minimum absolute atomic E-state index is 0.110. The van der Waals surface area contributed by atoms with E-state index < -0.39 is 0 Å². The van der Waals surface area contributed by atoms with Crippen LogP contribution >= 0.6 is 0 Å². The summed E-state index contributed by atoms with van der Waals surface area (Å²) in [5.74, 6) is 0. The molecule has 2 heteroatoms. The summed E-state index contributed by atoms with van der Waals surface area (Å²) < 4.78 is 0. The first-order valence-corrected chi connectivity index (χ1v) is 6.85. The summed E-state index contributed by atoms with van der Waals surface area (Å²) in [5.41, 5.74) is 3.54. The quantitative estimate of drug-likeness (QED) is 0.720. The van der Waals surface area contributed by atoms with Gasteiger partial charge in [-0.1, -0.05) is 62.9 Å². The second-order valence-electron chi connectivity index (χ2n) is 5.51. The molecule has 97 valence electrons. The zero-order valence-corrected chi connectivity index (χ0v) is 12.2. The van der Waals surface area contributed by atoms with E-state index in [0.29, 0.717) is 0 Å². The molecular formula is C16H25BN. The highest BCUT2D eigenvalue weighted by molar-refractivity contribution is 6.51. The van der Waals surface area contributed by atoms with Crippen molar-refractivity contribution in [3.63, 3.8) is 0 Å². The van der Waals surface area contributed by atoms with Gasteiger partial charge in [-0.05, 0) is 25.8 Å². The first-order valence-electron chi connectivity index (χ1n) is 6.85. The zero-order valence-electron chi connectivity index (χ0n) is 12.2. The van der Waals surface area contributed by atoms with Crippen LogP contribution in [0.3, 0.4) is 0 Å². The van der Waals surface area contributed by atoms with Crippen molar-refractivity contribution >= 4 is 18.4 Å². The van der Waals surface area contributed by atoms with Crippen LogP contribution in [-0.2, 0) is 0 Å². The summed E-state index contributed by atoms with van der Waals surface area (Å²) in [6, 6.07) is 8.47. The Bertz CT molecular complexity index is 396. The van der Waals surface area contributed by atoms with Gasteiger partial charge >= 0.3 is 0 Å². The third kappa shape index (κ3) is 4.60. The monoisotopic (exact) mass is 242 g/mol. The lowest BCUT2D eigenvalue weighted by Crippen LogP contribution is -2.37. The van der Waals surface area contributed by atoms with Crippen LogP contribution in [0.4, 0.5) is 0 Å². The van der Waals surface area contributed by atoms with Crippen LogP contribution in [0.1, 0.15) is 45.6 Å². The first kappa shape index (κ1) is 14.9. The van der Waals surface area contributed by atoms with E-state index in [-0.39, 0.29) is 5.54 Å². The molecule has 1 N–H and O–H groups in total. The second-order valence-corrected chi connectivity index (χ2v) is 5.51. The number of unbranched alkanes of at least 4 members (excludes halogenated alkanes) is 1. The van der Waals surface area contributed by atoms with Crippen LogP contribution < -0.4 is 10.8 Å². The SMILES string of the molecule is C=C(NC(C)(C)CCCC)c1cccc([B]C)c1. The van der Waals surface area contributed by atoms with Gasteiger partial charge in [-0.15, -0.1) is 0 Å². The van der Waals surface area contributed by atoms with E-state index in [2.05, 4.69) is 71.0 Å². The van der Waals surface area contributed by atoms with E-state index >= 15 is 0 Å². The third-order valence-corrected chi connectivity index (χ3v) is 3.21. The minimum Gasteiger partial charge on any atom is -0.380 e. The third-order valence-electron chi connectivity index (χ3n) is 3.21. The van der Waals surface area contributed by atoms with Crippen LogP contribution in [0.5, 0.6) is 0 Å². The average Bonchev–Trinajstić information content (AvgIpc) is 2.36. The zero-order chi connectivity index (χ0) is 13.6. The molecule has 0 amide bonds. The summed E-state index contributed by atoms with van der Waals surface area (Å²) in [5, 5.41) is 3.55. The predicted molar refractivity (Wildman–Crippen MR) is 83.5 cm³/mol. The molecule has 0 unspecified atom stereocenters. The van der Waals surface area contributed by atoms with Gasteiger partial charge in [0.1, 0.15) is 7.28 Å². The lowest BCUT2D eigenvalue weighted by atomic mass is 9.73. The van der Waals surface area contributed by atoms with Gasteiger partial charge in [0, 0.05) is 11.2 Å². The molecule has 0 aliphatic carbocycles. The van der Waals surface area contributed by atoms with Gasteiger partial charge in [-0.25, -0.2) is 0 Å². The summed E-state index contributed by atoms with van der Waals surface area (Å²) in [6.07, 6.45) is 3.65. The molecule has 1 aromatic carbocycles. The van der Waals surface area contributed by atoms with Crippen molar-refractivity contribution in [2.45, 2.75) is 52.4 Å². The average molecular weight is 242 g/mol. The van der Waals surface area contributed by atoms with Gasteiger partial charge in [0.25, 0.3) is 0 Å². The Labute approximate surface area is 113 Å². The maximum atomic E-state index is 4.17. The van der Waals surface area contributed by atoms with Crippen molar-refractivity contribution in [2.24, 2.45) is 0 Å². The second kappa shape index (κ2) is 6.68. The normalized spacial score (nSPS) is 11.1. The summed E-state index contributed by atoms with van der Waals surface area (Å²) in [6.45, 7) is 12.9. The van der Waals surface area contributed by atoms with Crippen LogP contribution in [0.15, 0.2) is 30.8 Å². The van der Waals surface area contributed by atoms with Crippen molar-refractivity contribution < 1.29 is 0 Å². The molecule has 1 nitrogen and oxygen atoms in total. The van der Waals surface area contributed by atoms with Gasteiger partial charge in [0.2, 0.25) is 0 Å². The fourth-order valence-electron chi connectivity index (χ4n) is 2.07. The predicted octanol–water partition coefficient (Wildman–Crippen LogP) is 3.59.